The summed E-state index contributed by atoms with van der Waals surface area (Å²) in [6, 6.07) is 0. The molecule has 2 saturated carbocycles. The first-order valence-corrected chi connectivity index (χ1v) is 6.76. The van der Waals surface area contributed by atoms with Crippen LogP contribution in [0, 0.1) is 5.41 Å². The SMILES string of the molecule is NCC1(CC(=O)NC2(C(=O)O)CCCC2)CCC1. The lowest BCUT2D eigenvalue weighted by molar-refractivity contribution is -0.148. The maximum Gasteiger partial charge on any atom is 0.329 e. The molecule has 0 unspecified atom stereocenters. The van der Waals surface area contributed by atoms with Crippen LogP contribution in [-0.2, 0) is 9.59 Å². The molecule has 102 valence electrons. The number of carboxylic acids is 1. The Labute approximate surface area is 107 Å². The lowest BCUT2D eigenvalue weighted by atomic mass is 9.66. The van der Waals surface area contributed by atoms with Gasteiger partial charge in [-0.05, 0) is 37.6 Å². The summed E-state index contributed by atoms with van der Waals surface area (Å²) in [6.07, 6.45) is 6.29. The standard InChI is InChI=1S/C13H22N2O3/c14-9-12(4-3-5-12)8-10(16)15-13(11(17)18)6-1-2-7-13/h1-9,14H2,(H,15,16)(H,17,18). The molecule has 0 heterocycles. The molecule has 2 fully saturated rings. The molecule has 2 rings (SSSR count). The molecule has 0 saturated heterocycles. The third kappa shape index (κ3) is 2.36. The summed E-state index contributed by atoms with van der Waals surface area (Å²) in [5.41, 5.74) is 4.64. The van der Waals surface area contributed by atoms with Gasteiger partial charge in [-0.25, -0.2) is 4.79 Å². The molecule has 0 spiro atoms. The Bertz CT molecular complexity index is 339. The maximum atomic E-state index is 12.0. The number of nitrogens with two attached hydrogens (primary N) is 1. The van der Waals surface area contributed by atoms with Crippen molar-refractivity contribution in [1.82, 2.24) is 5.32 Å². The number of amides is 1. The van der Waals surface area contributed by atoms with Crippen molar-refractivity contribution in [2.24, 2.45) is 11.1 Å². The number of carbonyl (C=O) groups excluding carboxylic acids is 1. The van der Waals surface area contributed by atoms with Crippen molar-refractivity contribution in [3.63, 3.8) is 0 Å². The van der Waals surface area contributed by atoms with Crippen molar-refractivity contribution >= 4 is 11.9 Å². The van der Waals surface area contributed by atoms with Gasteiger partial charge in [-0.3, -0.25) is 4.79 Å². The first-order chi connectivity index (χ1) is 8.52. The Morgan fingerprint density at radius 3 is 2.11 bits per heavy atom. The van der Waals surface area contributed by atoms with Crippen molar-refractivity contribution < 1.29 is 14.7 Å². The van der Waals surface area contributed by atoms with E-state index in [9.17, 15) is 14.7 Å². The average Bonchev–Trinajstić information content (AvgIpc) is 2.73. The molecular formula is C13H22N2O3. The number of nitrogens with one attached hydrogen (secondary N) is 1. The van der Waals surface area contributed by atoms with E-state index in [1.54, 1.807) is 0 Å². The molecule has 0 aliphatic heterocycles. The zero-order valence-corrected chi connectivity index (χ0v) is 10.7. The van der Waals surface area contributed by atoms with E-state index in [-0.39, 0.29) is 11.3 Å². The maximum absolute atomic E-state index is 12.0. The monoisotopic (exact) mass is 254 g/mol. The van der Waals surface area contributed by atoms with E-state index in [2.05, 4.69) is 5.32 Å². The molecule has 5 nitrogen and oxygen atoms in total. The number of hydrogen-bond donors (Lipinski definition) is 3. The fourth-order valence-corrected chi connectivity index (χ4v) is 3.15. The highest BCUT2D eigenvalue weighted by Gasteiger charge is 2.44. The van der Waals surface area contributed by atoms with E-state index in [4.69, 9.17) is 5.73 Å². The molecule has 0 radical (unpaired) electrons. The molecule has 5 heteroatoms. The van der Waals surface area contributed by atoms with Crippen LogP contribution in [0.4, 0.5) is 0 Å². The van der Waals surface area contributed by atoms with Crippen LogP contribution in [0.2, 0.25) is 0 Å². The second kappa shape index (κ2) is 4.88. The summed E-state index contributed by atoms with van der Waals surface area (Å²) in [4.78, 5) is 23.4. The van der Waals surface area contributed by atoms with Gasteiger partial charge in [0.1, 0.15) is 5.54 Å². The minimum absolute atomic E-state index is 0.0671. The summed E-state index contributed by atoms with van der Waals surface area (Å²) in [5.74, 6) is -1.05. The molecular weight excluding hydrogens is 232 g/mol. The van der Waals surface area contributed by atoms with Crippen LogP contribution in [0.15, 0.2) is 0 Å². The van der Waals surface area contributed by atoms with Crippen LogP contribution in [0.3, 0.4) is 0 Å². The van der Waals surface area contributed by atoms with E-state index in [1.165, 1.54) is 0 Å². The van der Waals surface area contributed by atoms with Crippen LogP contribution in [0.5, 0.6) is 0 Å². The Kier molecular flexibility index (Phi) is 3.61. The van der Waals surface area contributed by atoms with Crippen LogP contribution in [0.1, 0.15) is 51.4 Å². The number of carbonyl (C=O) groups is 2. The smallest absolute Gasteiger partial charge is 0.329 e. The molecule has 1 amide bonds. The largest absolute Gasteiger partial charge is 0.480 e. The third-order valence-electron chi connectivity index (χ3n) is 4.63. The highest BCUT2D eigenvalue weighted by atomic mass is 16.4. The van der Waals surface area contributed by atoms with Gasteiger partial charge in [0, 0.05) is 6.42 Å². The molecule has 4 N–H and O–H groups in total. The lowest BCUT2D eigenvalue weighted by Crippen LogP contribution is -2.54. The molecule has 18 heavy (non-hydrogen) atoms. The predicted molar refractivity (Wildman–Crippen MR) is 66.9 cm³/mol. The van der Waals surface area contributed by atoms with E-state index >= 15 is 0 Å². The molecule has 0 aromatic rings. The van der Waals surface area contributed by atoms with E-state index in [0.29, 0.717) is 25.8 Å². The second-order valence-corrected chi connectivity index (χ2v) is 5.88. The summed E-state index contributed by atoms with van der Waals surface area (Å²) < 4.78 is 0. The topological polar surface area (TPSA) is 92.4 Å². The minimum atomic E-state index is -1.02. The van der Waals surface area contributed by atoms with Crippen LogP contribution in [-0.4, -0.2) is 29.1 Å². The average molecular weight is 254 g/mol. The Morgan fingerprint density at radius 2 is 1.72 bits per heavy atom. The Morgan fingerprint density at radius 1 is 1.11 bits per heavy atom. The van der Waals surface area contributed by atoms with Gasteiger partial charge in [-0.1, -0.05) is 19.3 Å². The van der Waals surface area contributed by atoms with Crippen molar-refractivity contribution in [2.75, 3.05) is 6.54 Å². The van der Waals surface area contributed by atoms with Crippen LogP contribution in [0.25, 0.3) is 0 Å². The number of rotatable bonds is 5. The zero-order valence-electron chi connectivity index (χ0n) is 10.7. The van der Waals surface area contributed by atoms with Crippen LogP contribution < -0.4 is 11.1 Å². The van der Waals surface area contributed by atoms with Gasteiger partial charge < -0.3 is 16.2 Å². The molecule has 0 aromatic carbocycles. The minimum Gasteiger partial charge on any atom is -0.480 e. The number of hydrogen-bond acceptors (Lipinski definition) is 3. The fraction of sp³-hybridized carbons (Fsp3) is 0.846. The Hall–Kier alpha value is -1.10. The van der Waals surface area contributed by atoms with Gasteiger partial charge in [0.05, 0.1) is 0 Å². The van der Waals surface area contributed by atoms with Crippen molar-refractivity contribution in [1.29, 1.82) is 0 Å². The van der Waals surface area contributed by atoms with E-state index < -0.39 is 11.5 Å². The number of aliphatic carboxylic acids is 1. The molecule has 0 bridgehead atoms. The predicted octanol–water partition coefficient (Wildman–Crippen LogP) is 1.02. The molecule has 2 aliphatic rings. The van der Waals surface area contributed by atoms with Crippen molar-refractivity contribution in [2.45, 2.75) is 56.9 Å². The summed E-state index contributed by atoms with van der Waals surface area (Å²) >= 11 is 0. The number of carboxylic acid groups (broad SMARTS) is 1. The van der Waals surface area contributed by atoms with Crippen molar-refractivity contribution in [3.05, 3.63) is 0 Å². The molecule has 0 aromatic heterocycles. The first-order valence-electron chi connectivity index (χ1n) is 6.76. The highest BCUT2D eigenvalue weighted by molar-refractivity contribution is 5.87. The fourth-order valence-electron chi connectivity index (χ4n) is 3.15. The van der Waals surface area contributed by atoms with Gasteiger partial charge in [-0.15, -0.1) is 0 Å². The van der Waals surface area contributed by atoms with Gasteiger partial charge >= 0.3 is 5.97 Å². The van der Waals surface area contributed by atoms with Gasteiger partial charge in [0.2, 0.25) is 5.91 Å². The van der Waals surface area contributed by atoms with E-state index in [1.807, 2.05) is 0 Å². The molecule has 0 atom stereocenters. The zero-order chi connectivity index (χ0) is 13.2. The summed E-state index contributed by atoms with van der Waals surface area (Å²) in [5, 5.41) is 12.1. The summed E-state index contributed by atoms with van der Waals surface area (Å²) in [6.45, 7) is 0.514. The van der Waals surface area contributed by atoms with Crippen molar-refractivity contribution in [3.8, 4) is 0 Å². The summed E-state index contributed by atoms with van der Waals surface area (Å²) in [7, 11) is 0. The van der Waals surface area contributed by atoms with Gasteiger partial charge in [0.25, 0.3) is 0 Å². The lowest BCUT2D eigenvalue weighted by Gasteiger charge is -2.41. The quantitative estimate of drug-likeness (QED) is 0.683. The van der Waals surface area contributed by atoms with Crippen LogP contribution >= 0.6 is 0 Å². The second-order valence-electron chi connectivity index (χ2n) is 5.88. The molecule has 2 aliphatic carbocycles. The first kappa shape index (κ1) is 13.3. The normalized spacial score (nSPS) is 24.3. The third-order valence-corrected chi connectivity index (χ3v) is 4.63. The van der Waals surface area contributed by atoms with Gasteiger partial charge in [-0.2, -0.15) is 0 Å². The van der Waals surface area contributed by atoms with E-state index in [0.717, 1.165) is 32.1 Å². The highest BCUT2D eigenvalue weighted by Crippen LogP contribution is 2.43. The Balaban J connectivity index is 1.95. The van der Waals surface area contributed by atoms with Gasteiger partial charge in [0.15, 0.2) is 0 Å².